The van der Waals surface area contributed by atoms with Crippen LogP contribution in [0.4, 0.5) is 28.8 Å². The predicted octanol–water partition coefficient (Wildman–Crippen LogP) is 3.41. The molecule has 10 heteroatoms. The monoisotopic (exact) mass is 501 g/mol. The van der Waals surface area contributed by atoms with Gasteiger partial charge in [0.25, 0.3) is 11.8 Å². The molecule has 1 saturated heterocycles. The molecule has 2 aliphatic rings. The van der Waals surface area contributed by atoms with Crippen LogP contribution in [0.3, 0.4) is 0 Å². The number of rotatable bonds is 5. The van der Waals surface area contributed by atoms with E-state index in [2.05, 4.69) is 32.5 Å². The molecule has 0 bridgehead atoms. The van der Waals surface area contributed by atoms with Gasteiger partial charge in [-0.3, -0.25) is 14.5 Å². The molecule has 2 aromatic carbocycles. The van der Waals surface area contributed by atoms with E-state index >= 15 is 0 Å². The molecule has 0 saturated carbocycles. The maximum Gasteiger partial charge on any atom is 0.261 e. The Morgan fingerprint density at radius 3 is 2.54 bits per heavy atom. The lowest BCUT2D eigenvalue weighted by atomic mass is 10.0. The smallest absolute Gasteiger partial charge is 0.261 e. The van der Waals surface area contributed by atoms with E-state index in [0.717, 1.165) is 31.6 Å². The predicted molar refractivity (Wildman–Crippen MR) is 144 cm³/mol. The Kier molecular flexibility index (Phi) is 6.66. The molecule has 37 heavy (non-hydrogen) atoms. The highest BCUT2D eigenvalue weighted by molar-refractivity contribution is 6.12. The summed E-state index contributed by atoms with van der Waals surface area (Å²) in [4.78, 5) is 40.8. The van der Waals surface area contributed by atoms with Crippen molar-refractivity contribution in [2.24, 2.45) is 0 Å². The number of para-hydroxylation sites is 1. The highest BCUT2D eigenvalue weighted by Crippen LogP contribution is 2.38. The lowest BCUT2D eigenvalue weighted by Crippen LogP contribution is -2.43. The zero-order chi connectivity index (χ0) is 26.1. The number of ether oxygens (including phenoxy) is 1. The summed E-state index contributed by atoms with van der Waals surface area (Å²) in [6.07, 6.45) is 3.56. The van der Waals surface area contributed by atoms with Gasteiger partial charge in [0.1, 0.15) is 11.4 Å². The standard InChI is InChI=1S/C27H31N7O3/c1-32-13-11-18(12-14-32)29-25(35)17-9-10-20(23(15-17)37-4)30-27-28-16-22-24(31-27)34(3)26(36)19-7-5-6-8-21(19)33(22)2/h5-10,15-16,18H,11-14H2,1-4H3,(H,29,35)(H,28,30,31). The van der Waals surface area contributed by atoms with Crippen LogP contribution in [-0.2, 0) is 0 Å². The third kappa shape index (κ3) is 4.79. The fourth-order valence-corrected chi connectivity index (χ4v) is 4.74. The average molecular weight is 502 g/mol. The first-order chi connectivity index (χ1) is 17.9. The molecule has 0 radical (unpaired) electrons. The Bertz CT molecular complexity index is 1340. The molecule has 0 spiro atoms. The van der Waals surface area contributed by atoms with E-state index in [1.165, 1.54) is 4.90 Å². The maximum atomic E-state index is 13.1. The summed E-state index contributed by atoms with van der Waals surface area (Å²) in [5, 5.41) is 6.31. The number of hydrogen-bond acceptors (Lipinski definition) is 8. The maximum absolute atomic E-state index is 13.1. The van der Waals surface area contributed by atoms with Crippen LogP contribution in [0.15, 0.2) is 48.7 Å². The second-order valence-electron chi connectivity index (χ2n) is 9.43. The minimum absolute atomic E-state index is 0.122. The number of carbonyl (C=O) groups is 2. The molecule has 3 aromatic rings. The molecule has 1 fully saturated rings. The summed E-state index contributed by atoms with van der Waals surface area (Å²) in [6, 6.07) is 12.8. The van der Waals surface area contributed by atoms with Gasteiger partial charge in [-0.25, -0.2) is 4.98 Å². The lowest BCUT2D eigenvalue weighted by molar-refractivity contribution is 0.0915. The number of fused-ring (bicyclic) bond motifs is 2. The Hall–Kier alpha value is -4.18. The first-order valence-electron chi connectivity index (χ1n) is 12.3. The highest BCUT2D eigenvalue weighted by Gasteiger charge is 2.29. The number of carbonyl (C=O) groups excluding carboxylic acids is 2. The second-order valence-corrected chi connectivity index (χ2v) is 9.43. The fraction of sp³-hybridized carbons (Fsp3) is 0.333. The molecular formula is C27H31N7O3. The minimum Gasteiger partial charge on any atom is -0.495 e. The van der Waals surface area contributed by atoms with Crippen LogP contribution in [0.25, 0.3) is 0 Å². The molecule has 2 aliphatic heterocycles. The van der Waals surface area contributed by atoms with Crippen LogP contribution in [0.2, 0.25) is 0 Å². The number of piperidine rings is 1. The van der Waals surface area contributed by atoms with Crippen molar-refractivity contribution in [2.75, 3.05) is 56.5 Å². The molecule has 2 N–H and O–H groups in total. The number of aromatic nitrogens is 2. The summed E-state index contributed by atoms with van der Waals surface area (Å²) < 4.78 is 5.57. The van der Waals surface area contributed by atoms with Crippen molar-refractivity contribution in [2.45, 2.75) is 18.9 Å². The van der Waals surface area contributed by atoms with Crippen molar-refractivity contribution in [3.8, 4) is 5.75 Å². The van der Waals surface area contributed by atoms with E-state index in [0.29, 0.717) is 40.0 Å². The van der Waals surface area contributed by atoms with Crippen LogP contribution < -0.4 is 25.2 Å². The van der Waals surface area contributed by atoms with E-state index in [4.69, 9.17) is 4.74 Å². The lowest BCUT2D eigenvalue weighted by Gasteiger charge is -2.29. The summed E-state index contributed by atoms with van der Waals surface area (Å²) in [7, 11) is 7.23. The Morgan fingerprint density at radius 1 is 1.03 bits per heavy atom. The summed E-state index contributed by atoms with van der Waals surface area (Å²) >= 11 is 0. The molecule has 1 aromatic heterocycles. The number of benzene rings is 2. The van der Waals surface area contributed by atoms with E-state index in [1.54, 1.807) is 44.6 Å². The number of methoxy groups -OCH3 is 1. The average Bonchev–Trinajstić information content (AvgIpc) is 3.00. The zero-order valence-electron chi connectivity index (χ0n) is 21.5. The number of likely N-dealkylation sites (tertiary alicyclic amines) is 1. The van der Waals surface area contributed by atoms with Crippen molar-refractivity contribution in [3.63, 3.8) is 0 Å². The number of anilines is 5. The largest absolute Gasteiger partial charge is 0.495 e. The summed E-state index contributed by atoms with van der Waals surface area (Å²) in [5.74, 6) is 1.00. The Morgan fingerprint density at radius 2 is 1.78 bits per heavy atom. The van der Waals surface area contributed by atoms with Crippen LogP contribution in [0.5, 0.6) is 5.75 Å². The van der Waals surface area contributed by atoms with E-state index in [1.807, 2.05) is 30.1 Å². The third-order valence-corrected chi connectivity index (χ3v) is 6.99. The number of hydrogen-bond donors (Lipinski definition) is 2. The number of nitrogens with zero attached hydrogens (tertiary/aromatic N) is 5. The van der Waals surface area contributed by atoms with Crippen molar-refractivity contribution in [1.29, 1.82) is 0 Å². The van der Waals surface area contributed by atoms with E-state index < -0.39 is 0 Å². The summed E-state index contributed by atoms with van der Waals surface area (Å²) in [6.45, 7) is 1.95. The van der Waals surface area contributed by atoms with Gasteiger partial charge < -0.3 is 25.2 Å². The van der Waals surface area contributed by atoms with Crippen molar-refractivity contribution < 1.29 is 14.3 Å². The van der Waals surface area contributed by atoms with Crippen LogP contribution in [0, 0.1) is 0 Å². The normalized spacial score (nSPS) is 16.1. The van der Waals surface area contributed by atoms with Gasteiger partial charge >= 0.3 is 0 Å². The first kappa shape index (κ1) is 24.5. The first-order valence-corrected chi connectivity index (χ1v) is 12.3. The quantitative estimate of drug-likeness (QED) is 0.548. The van der Waals surface area contributed by atoms with Crippen LogP contribution in [0.1, 0.15) is 33.6 Å². The molecule has 5 rings (SSSR count). The van der Waals surface area contributed by atoms with Gasteiger partial charge in [-0.05, 0) is 63.3 Å². The molecule has 0 unspecified atom stereocenters. The molecule has 0 atom stereocenters. The molecular weight excluding hydrogens is 470 g/mol. The Balaban J connectivity index is 1.37. The van der Waals surface area contributed by atoms with Crippen molar-refractivity contribution >= 4 is 40.6 Å². The fourth-order valence-electron chi connectivity index (χ4n) is 4.74. The topological polar surface area (TPSA) is 103 Å². The SMILES string of the molecule is COc1cc(C(=O)NC2CCN(C)CC2)ccc1Nc1ncc2c(n1)N(C)C(=O)c1ccccc1N2C. The van der Waals surface area contributed by atoms with Gasteiger partial charge in [0, 0.05) is 25.7 Å². The molecule has 2 amide bonds. The van der Waals surface area contributed by atoms with Gasteiger partial charge in [0.05, 0.1) is 30.2 Å². The molecule has 10 nitrogen and oxygen atoms in total. The van der Waals surface area contributed by atoms with Crippen LogP contribution in [-0.4, -0.2) is 74.1 Å². The van der Waals surface area contributed by atoms with Gasteiger partial charge in [0.2, 0.25) is 5.95 Å². The molecule has 0 aliphatic carbocycles. The third-order valence-electron chi connectivity index (χ3n) is 6.99. The Labute approximate surface area is 216 Å². The molecule has 192 valence electrons. The molecule has 3 heterocycles. The van der Waals surface area contributed by atoms with Gasteiger partial charge in [0.15, 0.2) is 5.82 Å². The number of nitrogens with one attached hydrogen (secondary N) is 2. The van der Waals surface area contributed by atoms with E-state index in [-0.39, 0.29) is 17.9 Å². The number of amides is 2. The highest BCUT2D eigenvalue weighted by atomic mass is 16.5. The minimum atomic E-state index is -0.150. The van der Waals surface area contributed by atoms with Crippen molar-refractivity contribution in [3.05, 3.63) is 59.8 Å². The van der Waals surface area contributed by atoms with Gasteiger partial charge in [-0.1, -0.05) is 12.1 Å². The van der Waals surface area contributed by atoms with Gasteiger partial charge in [-0.15, -0.1) is 0 Å². The zero-order valence-corrected chi connectivity index (χ0v) is 21.5. The summed E-state index contributed by atoms with van der Waals surface area (Å²) in [5.41, 5.74) is 3.22. The van der Waals surface area contributed by atoms with Crippen LogP contribution >= 0.6 is 0 Å². The van der Waals surface area contributed by atoms with Gasteiger partial charge in [-0.2, -0.15) is 4.98 Å². The van der Waals surface area contributed by atoms with E-state index in [9.17, 15) is 9.59 Å². The second kappa shape index (κ2) is 10.1. The van der Waals surface area contributed by atoms with Crippen molar-refractivity contribution in [1.82, 2.24) is 20.2 Å².